The van der Waals surface area contributed by atoms with Crippen LogP contribution in [0.3, 0.4) is 0 Å². The standard InChI is InChI=1S/C16H18N2O3/c1-4-20-15(19)10-13-7-5-6-8-14(13)21-16-17-11(2)9-12(3)18-16/h5-9H,4,10H2,1-3H3. The Balaban J connectivity index is 2.21. The highest BCUT2D eigenvalue weighted by Gasteiger charge is 2.11. The fourth-order valence-corrected chi connectivity index (χ4v) is 1.95. The first-order chi connectivity index (χ1) is 10.1. The average Bonchev–Trinajstić information content (AvgIpc) is 2.40. The zero-order valence-corrected chi connectivity index (χ0v) is 12.4. The van der Waals surface area contributed by atoms with E-state index in [-0.39, 0.29) is 18.4 Å². The van der Waals surface area contributed by atoms with Gasteiger partial charge in [-0.2, -0.15) is 0 Å². The van der Waals surface area contributed by atoms with Crippen LogP contribution in [-0.2, 0) is 16.0 Å². The van der Waals surface area contributed by atoms with Crippen molar-refractivity contribution >= 4 is 5.97 Å². The van der Waals surface area contributed by atoms with Crippen LogP contribution in [0.25, 0.3) is 0 Å². The molecule has 0 radical (unpaired) electrons. The van der Waals surface area contributed by atoms with Crippen molar-refractivity contribution in [3.63, 3.8) is 0 Å². The molecule has 5 nitrogen and oxygen atoms in total. The van der Waals surface area contributed by atoms with E-state index in [1.165, 1.54) is 0 Å². The van der Waals surface area contributed by atoms with Gasteiger partial charge < -0.3 is 9.47 Å². The van der Waals surface area contributed by atoms with Crippen molar-refractivity contribution in [1.29, 1.82) is 0 Å². The van der Waals surface area contributed by atoms with Gasteiger partial charge in [0, 0.05) is 17.0 Å². The van der Waals surface area contributed by atoms with Crippen molar-refractivity contribution in [3.05, 3.63) is 47.3 Å². The maximum Gasteiger partial charge on any atom is 0.322 e. The number of esters is 1. The van der Waals surface area contributed by atoms with Gasteiger partial charge in [-0.15, -0.1) is 0 Å². The van der Waals surface area contributed by atoms with E-state index in [2.05, 4.69) is 9.97 Å². The van der Waals surface area contributed by atoms with Crippen LogP contribution in [0.2, 0.25) is 0 Å². The van der Waals surface area contributed by atoms with Gasteiger partial charge in [-0.1, -0.05) is 18.2 Å². The number of carbonyl (C=O) groups excluding carboxylic acids is 1. The second-order valence-corrected chi connectivity index (χ2v) is 4.62. The van der Waals surface area contributed by atoms with Gasteiger partial charge in [0.25, 0.3) is 0 Å². The summed E-state index contributed by atoms with van der Waals surface area (Å²) in [5, 5.41) is 0. The molecule has 0 saturated carbocycles. The first-order valence-corrected chi connectivity index (χ1v) is 6.82. The summed E-state index contributed by atoms with van der Waals surface area (Å²) in [6.45, 7) is 5.91. The molecule has 0 saturated heterocycles. The van der Waals surface area contributed by atoms with Crippen LogP contribution in [0.15, 0.2) is 30.3 Å². The van der Waals surface area contributed by atoms with Crippen molar-refractivity contribution in [2.24, 2.45) is 0 Å². The quantitative estimate of drug-likeness (QED) is 0.791. The van der Waals surface area contributed by atoms with Gasteiger partial charge >= 0.3 is 12.0 Å². The Morgan fingerprint density at radius 3 is 2.48 bits per heavy atom. The molecular weight excluding hydrogens is 268 g/mol. The van der Waals surface area contributed by atoms with Crippen molar-refractivity contribution in [1.82, 2.24) is 9.97 Å². The fraction of sp³-hybridized carbons (Fsp3) is 0.312. The summed E-state index contributed by atoms with van der Waals surface area (Å²) < 4.78 is 10.7. The number of ether oxygens (including phenoxy) is 2. The number of hydrogen-bond donors (Lipinski definition) is 0. The predicted octanol–water partition coefficient (Wildman–Crippen LogP) is 2.99. The second-order valence-electron chi connectivity index (χ2n) is 4.62. The van der Waals surface area contributed by atoms with E-state index in [0.29, 0.717) is 12.4 Å². The van der Waals surface area contributed by atoms with Crippen molar-refractivity contribution in [2.75, 3.05) is 6.61 Å². The highest BCUT2D eigenvalue weighted by Crippen LogP contribution is 2.24. The van der Waals surface area contributed by atoms with Gasteiger partial charge in [0.05, 0.1) is 13.0 Å². The molecule has 0 N–H and O–H groups in total. The zero-order valence-electron chi connectivity index (χ0n) is 12.4. The van der Waals surface area contributed by atoms with Crippen LogP contribution in [0.1, 0.15) is 23.9 Å². The molecule has 1 aromatic carbocycles. The first kappa shape index (κ1) is 15.0. The average molecular weight is 286 g/mol. The number of hydrogen-bond acceptors (Lipinski definition) is 5. The molecule has 110 valence electrons. The molecule has 0 aliphatic heterocycles. The minimum atomic E-state index is -0.283. The summed E-state index contributed by atoms with van der Waals surface area (Å²) in [5.74, 6) is 0.283. The smallest absolute Gasteiger partial charge is 0.322 e. The van der Waals surface area contributed by atoms with Gasteiger partial charge in [0.1, 0.15) is 5.75 Å². The summed E-state index contributed by atoms with van der Waals surface area (Å²) in [6, 6.07) is 9.46. The Labute approximate surface area is 124 Å². The van der Waals surface area contributed by atoms with Crippen LogP contribution in [-0.4, -0.2) is 22.5 Å². The lowest BCUT2D eigenvalue weighted by Crippen LogP contribution is -2.08. The number of nitrogens with zero attached hydrogens (tertiary/aromatic N) is 2. The fourth-order valence-electron chi connectivity index (χ4n) is 1.95. The van der Waals surface area contributed by atoms with Crippen molar-refractivity contribution < 1.29 is 14.3 Å². The van der Waals surface area contributed by atoms with Crippen LogP contribution in [0.5, 0.6) is 11.8 Å². The lowest BCUT2D eigenvalue weighted by molar-refractivity contribution is -0.142. The highest BCUT2D eigenvalue weighted by atomic mass is 16.5. The van der Waals surface area contributed by atoms with E-state index >= 15 is 0 Å². The molecule has 0 atom stereocenters. The molecule has 1 heterocycles. The van der Waals surface area contributed by atoms with Crippen LogP contribution < -0.4 is 4.74 Å². The van der Waals surface area contributed by atoms with E-state index in [9.17, 15) is 4.79 Å². The summed E-state index contributed by atoms with van der Waals surface area (Å²) in [5.41, 5.74) is 2.42. The van der Waals surface area contributed by atoms with Gasteiger partial charge in [0.2, 0.25) is 0 Å². The number of benzene rings is 1. The Morgan fingerprint density at radius 2 is 1.81 bits per heavy atom. The van der Waals surface area contributed by atoms with E-state index in [0.717, 1.165) is 17.0 Å². The molecule has 0 spiro atoms. The summed E-state index contributed by atoms with van der Waals surface area (Å²) in [7, 11) is 0. The zero-order chi connectivity index (χ0) is 15.2. The summed E-state index contributed by atoms with van der Waals surface area (Å²) >= 11 is 0. The number of para-hydroxylation sites is 1. The Morgan fingerprint density at radius 1 is 1.14 bits per heavy atom. The molecule has 2 rings (SSSR count). The van der Waals surface area contributed by atoms with Gasteiger partial charge in [-0.25, -0.2) is 9.97 Å². The number of carbonyl (C=O) groups is 1. The summed E-state index contributed by atoms with van der Waals surface area (Å²) in [4.78, 5) is 20.1. The molecular formula is C16H18N2O3. The molecule has 0 aliphatic carbocycles. The molecule has 1 aromatic heterocycles. The van der Waals surface area contributed by atoms with Crippen molar-refractivity contribution in [2.45, 2.75) is 27.2 Å². The molecule has 0 unspecified atom stereocenters. The third-order valence-corrected chi connectivity index (χ3v) is 2.78. The van der Waals surface area contributed by atoms with E-state index < -0.39 is 0 Å². The van der Waals surface area contributed by atoms with Gasteiger partial charge in [-0.3, -0.25) is 4.79 Å². The predicted molar refractivity (Wildman–Crippen MR) is 78.4 cm³/mol. The molecule has 2 aromatic rings. The lowest BCUT2D eigenvalue weighted by Gasteiger charge is -2.10. The monoisotopic (exact) mass is 286 g/mol. The first-order valence-electron chi connectivity index (χ1n) is 6.82. The van der Waals surface area contributed by atoms with E-state index in [1.807, 2.05) is 38.1 Å². The number of rotatable bonds is 5. The Bertz CT molecular complexity index is 621. The normalized spacial score (nSPS) is 10.2. The Kier molecular flexibility index (Phi) is 4.87. The van der Waals surface area contributed by atoms with Gasteiger partial charge in [0.15, 0.2) is 0 Å². The number of aryl methyl sites for hydroxylation is 2. The van der Waals surface area contributed by atoms with Gasteiger partial charge in [-0.05, 0) is 32.9 Å². The van der Waals surface area contributed by atoms with Crippen LogP contribution in [0.4, 0.5) is 0 Å². The highest BCUT2D eigenvalue weighted by molar-refractivity contribution is 5.73. The van der Waals surface area contributed by atoms with Crippen molar-refractivity contribution in [3.8, 4) is 11.8 Å². The molecule has 0 fully saturated rings. The number of aromatic nitrogens is 2. The van der Waals surface area contributed by atoms with E-state index in [1.54, 1.807) is 13.0 Å². The lowest BCUT2D eigenvalue weighted by atomic mass is 10.1. The van der Waals surface area contributed by atoms with E-state index in [4.69, 9.17) is 9.47 Å². The third kappa shape index (κ3) is 4.27. The molecule has 0 aliphatic rings. The van der Waals surface area contributed by atoms with Crippen LogP contribution in [0, 0.1) is 13.8 Å². The minimum Gasteiger partial charge on any atom is -0.466 e. The second kappa shape index (κ2) is 6.83. The minimum absolute atomic E-state index is 0.162. The Hall–Kier alpha value is -2.43. The largest absolute Gasteiger partial charge is 0.466 e. The summed E-state index contributed by atoms with van der Waals surface area (Å²) in [6.07, 6.45) is 0.162. The maximum atomic E-state index is 11.6. The SMILES string of the molecule is CCOC(=O)Cc1ccccc1Oc1nc(C)cc(C)n1. The molecule has 0 amide bonds. The molecule has 0 bridgehead atoms. The third-order valence-electron chi connectivity index (χ3n) is 2.78. The molecule has 21 heavy (non-hydrogen) atoms. The molecule has 5 heteroatoms. The topological polar surface area (TPSA) is 61.3 Å². The maximum absolute atomic E-state index is 11.6. The van der Waals surface area contributed by atoms with Crippen LogP contribution >= 0.6 is 0 Å².